The summed E-state index contributed by atoms with van der Waals surface area (Å²) in [7, 11) is 0. The van der Waals surface area contributed by atoms with Gasteiger partial charge in [-0.1, -0.05) is 18.2 Å². The van der Waals surface area contributed by atoms with E-state index in [1.54, 1.807) is 6.20 Å². The summed E-state index contributed by atoms with van der Waals surface area (Å²) in [6, 6.07) is 9.58. The Hall–Kier alpha value is -2.43. The molecule has 2 amide bonds. The number of hydrogen-bond donors (Lipinski definition) is 2. The van der Waals surface area contributed by atoms with Crippen molar-refractivity contribution in [3.8, 4) is 0 Å². The maximum absolute atomic E-state index is 12.3. The third kappa shape index (κ3) is 2.93. The van der Waals surface area contributed by atoms with Crippen molar-refractivity contribution in [1.29, 1.82) is 0 Å². The summed E-state index contributed by atoms with van der Waals surface area (Å²) >= 11 is 0. The molecule has 0 radical (unpaired) electrons. The van der Waals surface area contributed by atoms with E-state index in [4.69, 9.17) is 0 Å². The summed E-state index contributed by atoms with van der Waals surface area (Å²) in [4.78, 5) is 28.5. The number of aromatic nitrogens is 1. The standard InChI is InChI=1S/C17H19N3O2/c1-10(2)19-16(21)12-9-13(12)17(22)20-14-7-3-5-11-6-4-8-18-15(11)14/h3-8,10,12-13H,9H2,1-2H3,(H,19,21)(H,20,22). The molecular weight excluding hydrogens is 278 g/mol. The largest absolute Gasteiger partial charge is 0.354 e. The minimum Gasteiger partial charge on any atom is -0.354 e. The van der Waals surface area contributed by atoms with E-state index in [9.17, 15) is 9.59 Å². The van der Waals surface area contributed by atoms with Gasteiger partial charge in [0.1, 0.15) is 0 Å². The molecule has 114 valence electrons. The summed E-state index contributed by atoms with van der Waals surface area (Å²) in [5, 5.41) is 6.73. The average Bonchev–Trinajstić information content (AvgIpc) is 3.27. The highest BCUT2D eigenvalue weighted by Crippen LogP contribution is 2.39. The molecule has 1 aliphatic rings. The lowest BCUT2D eigenvalue weighted by atomic mass is 10.2. The van der Waals surface area contributed by atoms with E-state index in [2.05, 4.69) is 15.6 Å². The molecule has 5 heteroatoms. The number of nitrogens with one attached hydrogen (secondary N) is 2. The van der Waals surface area contributed by atoms with Crippen LogP contribution >= 0.6 is 0 Å². The number of para-hydroxylation sites is 1. The molecule has 1 aliphatic carbocycles. The number of benzene rings is 1. The van der Waals surface area contributed by atoms with Crippen molar-refractivity contribution in [2.24, 2.45) is 11.8 Å². The van der Waals surface area contributed by atoms with Gasteiger partial charge in [0.25, 0.3) is 0 Å². The first kappa shape index (κ1) is 14.5. The first-order valence-corrected chi connectivity index (χ1v) is 7.51. The Balaban J connectivity index is 1.69. The number of carbonyl (C=O) groups is 2. The van der Waals surface area contributed by atoms with Crippen LogP contribution in [0.15, 0.2) is 36.5 Å². The Morgan fingerprint density at radius 2 is 1.86 bits per heavy atom. The highest BCUT2D eigenvalue weighted by Gasteiger charge is 2.48. The van der Waals surface area contributed by atoms with E-state index in [0.29, 0.717) is 12.1 Å². The molecule has 3 rings (SSSR count). The zero-order chi connectivity index (χ0) is 15.7. The van der Waals surface area contributed by atoms with Gasteiger partial charge in [-0.25, -0.2) is 0 Å². The second-order valence-corrected chi connectivity index (χ2v) is 5.98. The van der Waals surface area contributed by atoms with Crippen molar-refractivity contribution in [2.75, 3.05) is 5.32 Å². The molecule has 2 aromatic rings. The van der Waals surface area contributed by atoms with Crippen LogP contribution in [0.2, 0.25) is 0 Å². The number of hydrogen-bond acceptors (Lipinski definition) is 3. The van der Waals surface area contributed by atoms with Gasteiger partial charge in [-0.3, -0.25) is 14.6 Å². The van der Waals surface area contributed by atoms with Crippen LogP contribution in [0.5, 0.6) is 0 Å². The summed E-state index contributed by atoms with van der Waals surface area (Å²) < 4.78 is 0. The summed E-state index contributed by atoms with van der Waals surface area (Å²) in [5.41, 5.74) is 1.46. The molecule has 22 heavy (non-hydrogen) atoms. The van der Waals surface area contributed by atoms with Crippen LogP contribution in [-0.4, -0.2) is 22.8 Å². The highest BCUT2D eigenvalue weighted by atomic mass is 16.2. The smallest absolute Gasteiger partial charge is 0.228 e. The minimum absolute atomic E-state index is 0.0359. The van der Waals surface area contributed by atoms with E-state index >= 15 is 0 Å². The van der Waals surface area contributed by atoms with Gasteiger partial charge in [-0.05, 0) is 32.4 Å². The van der Waals surface area contributed by atoms with Gasteiger partial charge in [-0.15, -0.1) is 0 Å². The van der Waals surface area contributed by atoms with E-state index < -0.39 is 0 Å². The number of fused-ring (bicyclic) bond motifs is 1. The van der Waals surface area contributed by atoms with E-state index in [-0.39, 0.29) is 29.7 Å². The molecule has 2 N–H and O–H groups in total. The fourth-order valence-electron chi connectivity index (χ4n) is 2.60. The third-order valence-electron chi connectivity index (χ3n) is 3.79. The second-order valence-electron chi connectivity index (χ2n) is 5.98. The van der Waals surface area contributed by atoms with Gasteiger partial charge in [0.2, 0.25) is 11.8 Å². The number of nitrogens with zero attached hydrogens (tertiary/aromatic N) is 1. The topological polar surface area (TPSA) is 71.1 Å². The van der Waals surface area contributed by atoms with Crippen molar-refractivity contribution in [1.82, 2.24) is 10.3 Å². The van der Waals surface area contributed by atoms with Crippen molar-refractivity contribution in [3.05, 3.63) is 36.5 Å². The Kier molecular flexibility index (Phi) is 3.79. The number of rotatable bonds is 4. The molecule has 0 saturated heterocycles. The molecule has 0 spiro atoms. The minimum atomic E-state index is -0.238. The first-order valence-electron chi connectivity index (χ1n) is 7.51. The number of anilines is 1. The molecule has 5 nitrogen and oxygen atoms in total. The van der Waals surface area contributed by atoms with E-state index in [1.165, 1.54) is 0 Å². The maximum Gasteiger partial charge on any atom is 0.228 e. The van der Waals surface area contributed by atoms with Gasteiger partial charge in [0.15, 0.2) is 0 Å². The zero-order valence-corrected chi connectivity index (χ0v) is 12.7. The summed E-state index contributed by atoms with van der Waals surface area (Å²) in [6.45, 7) is 3.83. The Bertz CT molecular complexity index is 721. The quantitative estimate of drug-likeness (QED) is 0.910. The van der Waals surface area contributed by atoms with E-state index in [0.717, 1.165) is 10.9 Å². The zero-order valence-electron chi connectivity index (χ0n) is 12.7. The van der Waals surface area contributed by atoms with Crippen molar-refractivity contribution in [2.45, 2.75) is 26.3 Å². The van der Waals surface area contributed by atoms with Crippen LogP contribution in [0.25, 0.3) is 10.9 Å². The predicted octanol–water partition coefficient (Wildman–Crippen LogP) is 2.33. The molecule has 2 atom stereocenters. The Morgan fingerprint density at radius 1 is 1.14 bits per heavy atom. The van der Waals surface area contributed by atoms with Gasteiger partial charge < -0.3 is 10.6 Å². The maximum atomic E-state index is 12.3. The molecular formula is C17H19N3O2. The predicted molar refractivity (Wildman–Crippen MR) is 85.2 cm³/mol. The van der Waals surface area contributed by atoms with Gasteiger partial charge >= 0.3 is 0 Å². The Labute approximate surface area is 129 Å². The molecule has 0 aliphatic heterocycles. The number of pyridine rings is 1. The molecule has 1 aromatic carbocycles. The van der Waals surface area contributed by atoms with Crippen molar-refractivity contribution >= 4 is 28.4 Å². The molecule has 1 aromatic heterocycles. The Morgan fingerprint density at radius 3 is 2.64 bits per heavy atom. The van der Waals surface area contributed by atoms with Gasteiger partial charge in [-0.2, -0.15) is 0 Å². The molecule has 1 heterocycles. The van der Waals surface area contributed by atoms with Gasteiger partial charge in [0.05, 0.1) is 23.0 Å². The van der Waals surface area contributed by atoms with E-state index in [1.807, 2.05) is 44.2 Å². The summed E-state index contributed by atoms with van der Waals surface area (Å²) in [5.74, 6) is -0.587. The highest BCUT2D eigenvalue weighted by molar-refractivity contribution is 6.04. The van der Waals surface area contributed by atoms with Crippen LogP contribution < -0.4 is 10.6 Å². The second kappa shape index (κ2) is 5.75. The molecule has 1 saturated carbocycles. The summed E-state index contributed by atoms with van der Waals surface area (Å²) in [6.07, 6.45) is 2.32. The van der Waals surface area contributed by atoms with Gasteiger partial charge in [0, 0.05) is 17.6 Å². The van der Waals surface area contributed by atoms with Crippen LogP contribution in [-0.2, 0) is 9.59 Å². The fourth-order valence-corrected chi connectivity index (χ4v) is 2.60. The van der Waals surface area contributed by atoms with Crippen molar-refractivity contribution < 1.29 is 9.59 Å². The van der Waals surface area contributed by atoms with Crippen LogP contribution in [0.3, 0.4) is 0 Å². The van der Waals surface area contributed by atoms with Crippen LogP contribution in [0.4, 0.5) is 5.69 Å². The normalized spacial score (nSPS) is 20.0. The SMILES string of the molecule is CC(C)NC(=O)C1CC1C(=O)Nc1cccc2cccnc12. The number of carbonyl (C=O) groups excluding carboxylic acids is 2. The lowest BCUT2D eigenvalue weighted by Crippen LogP contribution is -2.32. The van der Waals surface area contributed by atoms with Crippen LogP contribution in [0, 0.1) is 11.8 Å². The third-order valence-corrected chi connectivity index (χ3v) is 3.79. The van der Waals surface area contributed by atoms with Crippen molar-refractivity contribution in [3.63, 3.8) is 0 Å². The lowest BCUT2D eigenvalue weighted by Gasteiger charge is -2.09. The first-order chi connectivity index (χ1) is 10.6. The molecule has 0 bridgehead atoms. The fraction of sp³-hybridized carbons (Fsp3) is 0.353. The molecule has 2 unspecified atom stereocenters. The number of amides is 2. The average molecular weight is 297 g/mol. The van der Waals surface area contributed by atoms with Crippen LogP contribution in [0.1, 0.15) is 20.3 Å². The monoisotopic (exact) mass is 297 g/mol. The molecule has 1 fully saturated rings. The lowest BCUT2D eigenvalue weighted by molar-refractivity contribution is -0.125.